The Hall–Kier alpha value is -1.41. The van der Waals surface area contributed by atoms with Crippen molar-refractivity contribution >= 4 is 17.3 Å². The van der Waals surface area contributed by atoms with E-state index in [1.54, 1.807) is 6.07 Å². The lowest BCUT2D eigenvalue weighted by molar-refractivity contribution is 0.146. The third kappa shape index (κ3) is 1.84. The number of nitriles is 1. The Balaban J connectivity index is 3.41. The molecule has 0 fully saturated rings. The highest BCUT2D eigenvalue weighted by atomic mass is 35.5. The molecule has 0 saturated heterocycles. The minimum absolute atomic E-state index is 0.0854. The number of pyridine rings is 1. The molecule has 0 aromatic carbocycles. The second kappa shape index (κ2) is 3.54. The molecule has 0 atom stereocenters. The van der Waals surface area contributed by atoms with E-state index < -0.39 is 12.1 Å². The predicted molar refractivity (Wildman–Crippen MR) is 43.3 cm³/mol. The molecule has 0 radical (unpaired) electrons. The zero-order chi connectivity index (χ0) is 10.0. The molecule has 0 unspecified atom stereocenters. The molecule has 3 nitrogen and oxygen atoms in total. The van der Waals surface area contributed by atoms with Gasteiger partial charge in [0.15, 0.2) is 0 Å². The smallest absolute Gasteiger partial charge is 0.281 e. The van der Waals surface area contributed by atoms with Crippen molar-refractivity contribution in [3.63, 3.8) is 0 Å². The summed E-state index contributed by atoms with van der Waals surface area (Å²) < 4.78 is 24.5. The molecule has 2 N–H and O–H groups in total. The molecule has 6 heteroatoms. The van der Waals surface area contributed by atoms with E-state index in [2.05, 4.69) is 4.98 Å². The third-order valence-corrected chi connectivity index (χ3v) is 1.56. The number of halogens is 3. The van der Waals surface area contributed by atoms with Crippen molar-refractivity contribution in [3.8, 4) is 6.07 Å². The number of anilines is 1. The maximum atomic E-state index is 12.2. The number of rotatable bonds is 1. The van der Waals surface area contributed by atoms with Crippen LogP contribution in [0.15, 0.2) is 6.07 Å². The highest BCUT2D eigenvalue weighted by Crippen LogP contribution is 2.26. The number of hydrogen-bond donors (Lipinski definition) is 1. The highest BCUT2D eigenvalue weighted by molar-refractivity contribution is 6.29. The average Bonchev–Trinajstić information content (AvgIpc) is 2.02. The van der Waals surface area contributed by atoms with Crippen LogP contribution >= 0.6 is 11.6 Å². The van der Waals surface area contributed by atoms with Crippen molar-refractivity contribution in [2.75, 3.05) is 5.73 Å². The Labute approximate surface area is 77.7 Å². The molecule has 68 valence electrons. The van der Waals surface area contributed by atoms with Gasteiger partial charge in [-0.25, -0.2) is 13.8 Å². The van der Waals surface area contributed by atoms with E-state index in [1.165, 1.54) is 0 Å². The molecule has 1 heterocycles. The molecular weight excluding hydrogens is 200 g/mol. The van der Waals surface area contributed by atoms with Crippen molar-refractivity contribution in [2.45, 2.75) is 6.43 Å². The fourth-order valence-electron chi connectivity index (χ4n) is 0.831. The molecule has 0 aliphatic carbocycles. The first-order valence-corrected chi connectivity index (χ1v) is 3.58. The zero-order valence-corrected chi connectivity index (χ0v) is 7.02. The summed E-state index contributed by atoms with van der Waals surface area (Å²) in [4.78, 5) is 3.32. The summed E-state index contributed by atoms with van der Waals surface area (Å²) in [5.41, 5.74) is 4.21. The fraction of sp³-hybridized carbons (Fsp3) is 0.143. The normalized spacial score (nSPS) is 10.1. The van der Waals surface area contributed by atoms with Gasteiger partial charge in [0.05, 0.1) is 5.69 Å². The highest BCUT2D eigenvalue weighted by Gasteiger charge is 2.18. The maximum Gasteiger partial charge on any atom is 0.281 e. The molecule has 0 aliphatic heterocycles. The van der Waals surface area contributed by atoms with Gasteiger partial charge in [-0.15, -0.1) is 0 Å². The molecule has 1 aromatic rings. The first-order chi connectivity index (χ1) is 6.06. The Morgan fingerprint density at radius 3 is 2.69 bits per heavy atom. The molecule has 0 spiro atoms. The van der Waals surface area contributed by atoms with Gasteiger partial charge in [0.2, 0.25) is 0 Å². The molecule has 0 aliphatic rings. The predicted octanol–water partition coefficient (Wildman–Crippen LogP) is 2.13. The minimum Gasteiger partial charge on any atom is -0.398 e. The van der Waals surface area contributed by atoms with Crippen molar-refractivity contribution in [1.29, 1.82) is 5.26 Å². The SMILES string of the molecule is N#Cc1c(N)cc(Cl)nc1C(F)F. The lowest BCUT2D eigenvalue weighted by Crippen LogP contribution is -2.00. The van der Waals surface area contributed by atoms with Crippen molar-refractivity contribution in [2.24, 2.45) is 0 Å². The molecule has 1 aromatic heterocycles. The number of hydrogen-bond acceptors (Lipinski definition) is 3. The van der Waals surface area contributed by atoms with Gasteiger partial charge in [0, 0.05) is 0 Å². The van der Waals surface area contributed by atoms with Crippen LogP contribution in [0.25, 0.3) is 0 Å². The standard InChI is InChI=1S/C7H4ClF2N3/c8-5-1-4(12)3(2-11)6(13-5)7(9)10/h1,7H,(H2,12,13). The van der Waals surface area contributed by atoms with Crippen LogP contribution in [0, 0.1) is 11.3 Å². The first-order valence-electron chi connectivity index (χ1n) is 3.20. The van der Waals surface area contributed by atoms with E-state index in [-0.39, 0.29) is 16.4 Å². The summed E-state index contributed by atoms with van der Waals surface area (Å²) in [6.45, 7) is 0. The molecule has 13 heavy (non-hydrogen) atoms. The fourth-order valence-corrected chi connectivity index (χ4v) is 1.04. The van der Waals surface area contributed by atoms with Crippen LogP contribution in [0.4, 0.5) is 14.5 Å². The number of nitrogens with zero attached hydrogens (tertiary/aromatic N) is 2. The Morgan fingerprint density at radius 2 is 2.23 bits per heavy atom. The monoisotopic (exact) mass is 203 g/mol. The largest absolute Gasteiger partial charge is 0.398 e. The van der Waals surface area contributed by atoms with Crippen molar-refractivity contribution in [1.82, 2.24) is 4.98 Å². The topological polar surface area (TPSA) is 62.7 Å². The molecule has 0 amide bonds. The van der Waals surface area contributed by atoms with Gasteiger partial charge >= 0.3 is 0 Å². The molecule has 0 saturated carbocycles. The van der Waals surface area contributed by atoms with E-state index in [0.717, 1.165) is 6.07 Å². The minimum atomic E-state index is -2.85. The Kier molecular flexibility index (Phi) is 2.63. The first kappa shape index (κ1) is 9.68. The number of nitrogens with two attached hydrogens (primary N) is 1. The van der Waals surface area contributed by atoms with Crippen LogP contribution in [0.2, 0.25) is 5.15 Å². The summed E-state index contributed by atoms with van der Waals surface area (Å²) in [6, 6.07) is 2.70. The molecule has 0 bridgehead atoms. The number of aromatic nitrogens is 1. The summed E-state index contributed by atoms with van der Waals surface area (Å²) in [5, 5.41) is 8.35. The molecular formula is C7H4ClF2N3. The van der Waals surface area contributed by atoms with E-state index in [9.17, 15) is 8.78 Å². The summed E-state index contributed by atoms with van der Waals surface area (Å²) >= 11 is 5.39. The van der Waals surface area contributed by atoms with E-state index in [4.69, 9.17) is 22.6 Å². The second-order valence-electron chi connectivity index (χ2n) is 2.21. The van der Waals surface area contributed by atoms with Crippen molar-refractivity contribution < 1.29 is 8.78 Å². The van der Waals surface area contributed by atoms with E-state index in [0.29, 0.717) is 0 Å². The van der Waals surface area contributed by atoms with Crippen LogP contribution in [0.3, 0.4) is 0 Å². The van der Waals surface area contributed by atoms with Crippen LogP contribution in [0.1, 0.15) is 17.7 Å². The Morgan fingerprint density at radius 1 is 1.62 bits per heavy atom. The summed E-state index contributed by atoms with van der Waals surface area (Å²) in [6.07, 6.45) is -2.85. The molecule has 1 rings (SSSR count). The van der Waals surface area contributed by atoms with Gasteiger partial charge in [-0.2, -0.15) is 5.26 Å². The Bertz CT molecular complexity index is 373. The lowest BCUT2D eigenvalue weighted by atomic mass is 10.2. The average molecular weight is 204 g/mol. The lowest BCUT2D eigenvalue weighted by Gasteiger charge is -2.04. The quantitative estimate of drug-likeness (QED) is 0.711. The van der Waals surface area contributed by atoms with Gasteiger partial charge in [-0.05, 0) is 6.07 Å². The van der Waals surface area contributed by atoms with Gasteiger partial charge in [-0.1, -0.05) is 11.6 Å². The summed E-state index contributed by atoms with van der Waals surface area (Å²) in [5.74, 6) is 0. The zero-order valence-electron chi connectivity index (χ0n) is 6.26. The van der Waals surface area contributed by atoms with Crippen LogP contribution < -0.4 is 5.73 Å². The van der Waals surface area contributed by atoms with Gasteiger partial charge in [0.25, 0.3) is 6.43 Å². The van der Waals surface area contributed by atoms with Crippen LogP contribution in [-0.2, 0) is 0 Å². The van der Waals surface area contributed by atoms with Crippen LogP contribution in [0.5, 0.6) is 0 Å². The van der Waals surface area contributed by atoms with Gasteiger partial charge < -0.3 is 5.73 Å². The van der Waals surface area contributed by atoms with Gasteiger partial charge in [-0.3, -0.25) is 0 Å². The second-order valence-corrected chi connectivity index (χ2v) is 2.59. The van der Waals surface area contributed by atoms with Gasteiger partial charge in [0.1, 0.15) is 22.5 Å². The third-order valence-electron chi connectivity index (χ3n) is 1.37. The van der Waals surface area contributed by atoms with E-state index >= 15 is 0 Å². The summed E-state index contributed by atoms with van der Waals surface area (Å²) in [7, 11) is 0. The number of alkyl halides is 2. The van der Waals surface area contributed by atoms with E-state index in [1.807, 2.05) is 0 Å². The van der Waals surface area contributed by atoms with Crippen LogP contribution in [-0.4, -0.2) is 4.98 Å². The maximum absolute atomic E-state index is 12.2. The van der Waals surface area contributed by atoms with Crippen molar-refractivity contribution in [3.05, 3.63) is 22.5 Å². The number of nitrogen functional groups attached to an aromatic ring is 1.